The Labute approximate surface area is 125 Å². The topological polar surface area (TPSA) is 95.7 Å². The predicted octanol–water partition coefficient (Wildman–Crippen LogP) is 1.94. The summed E-state index contributed by atoms with van der Waals surface area (Å²) in [6.07, 6.45) is 1.70. The third kappa shape index (κ3) is 5.35. The molecule has 21 heavy (non-hydrogen) atoms. The lowest BCUT2D eigenvalue weighted by Gasteiger charge is -2.10. The van der Waals surface area contributed by atoms with E-state index in [1.165, 1.54) is 25.3 Å². The molecule has 1 rings (SSSR count). The van der Waals surface area contributed by atoms with Crippen LogP contribution in [-0.4, -0.2) is 28.1 Å². The minimum absolute atomic E-state index is 0.0496. The Kier molecular flexibility index (Phi) is 6.17. The number of primary sulfonamides is 1. The normalized spacial score (nSPS) is 11.5. The highest BCUT2D eigenvalue weighted by Gasteiger charge is 2.18. The number of methoxy groups -OCH3 is 1. The van der Waals surface area contributed by atoms with Crippen molar-refractivity contribution in [2.45, 2.75) is 31.6 Å². The number of benzene rings is 1. The second-order valence-electron chi connectivity index (χ2n) is 5.08. The number of sulfonamides is 1. The van der Waals surface area contributed by atoms with E-state index in [0.29, 0.717) is 5.92 Å². The molecule has 0 amide bonds. The summed E-state index contributed by atoms with van der Waals surface area (Å²) in [6.45, 7) is 4.45. The molecule has 0 aliphatic rings. The monoisotopic (exact) mass is 315 g/mol. The molecule has 2 N–H and O–H groups in total. The lowest BCUT2D eigenvalue weighted by molar-refractivity contribution is 0.0491. The molecule has 1 aromatic rings. The van der Waals surface area contributed by atoms with E-state index >= 15 is 0 Å². The van der Waals surface area contributed by atoms with Gasteiger partial charge in [-0.1, -0.05) is 13.8 Å². The van der Waals surface area contributed by atoms with Crippen LogP contribution in [0, 0.1) is 5.92 Å². The summed E-state index contributed by atoms with van der Waals surface area (Å²) in [5, 5.41) is 5.05. The van der Waals surface area contributed by atoms with E-state index in [9.17, 15) is 13.2 Å². The van der Waals surface area contributed by atoms with E-state index in [0.717, 1.165) is 12.8 Å². The molecule has 1 aromatic carbocycles. The van der Waals surface area contributed by atoms with E-state index in [1.54, 1.807) is 0 Å². The second kappa shape index (κ2) is 7.42. The van der Waals surface area contributed by atoms with Gasteiger partial charge in [-0.2, -0.15) is 0 Å². The van der Waals surface area contributed by atoms with Crippen molar-refractivity contribution < 1.29 is 22.7 Å². The zero-order valence-corrected chi connectivity index (χ0v) is 13.3. The van der Waals surface area contributed by atoms with Crippen molar-refractivity contribution in [3.05, 3.63) is 23.8 Å². The minimum Gasteiger partial charge on any atom is -0.496 e. The molecule has 7 heteroatoms. The Morgan fingerprint density at radius 3 is 2.52 bits per heavy atom. The Bertz CT molecular complexity index is 595. The van der Waals surface area contributed by atoms with Gasteiger partial charge in [0.25, 0.3) is 0 Å². The highest BCUT2D eigenvalue weighted by molar-refractivity contribution is 7.89. The van der Waals surface area contributed by atoms with Gasteiger partial charge in [0, 0.05) is 0 Å². The number of nitrogens with two attached hydrogens (primary N) is 1. The first-order chi connectivity index (χ1) is 9.75. The van der Waals surface area contributed by atoms with Crippen LogP contribution in [0.4, 0.5) is 0 Å². The fourth-order valence-electron chi connectivity index (χ4n) is 1.76. The number of hydrogen-bond acceptors (Lipinski definition) is 5. The minimum atomic E-state index is -3.88. The fourth-order valence-corrected chi connectivity index (χ4v) is 2.30. The number of carbonyl (C=O) groups is 1. The number of ether oxygens (including phenoxy) is 2. The van der Waals surface area contributed by atoms with Gasteiger partial charge in [-0.3, -0.25) is 0 Å². The Balaban J connectivity index is 2.86. The van der Waals surface area contributed by atoms with Crippen LogP contribution in [-0.2, 0) is 14.8 Å². The molecule has 118 valence electrons. The Hall–Kier alpha value is -1.60. The van der Waals surface area contributed by atoms with E-state index in [4.69, 9.17) is 14.6 Å². The molecule has 0 radical (unpaired) electrons. The zero-order valence-electron chi connectivity index (χ0n) is 12.5. The van der Waals surface area contributed by atoms with Gasteiger partial charge in [0.05, 0.1) is 18.6 Å². The molecule has 6 nitrogen and oxygen atoms in total. The van der Waals surface area contributed by atoms with Gasteiger partial charge in [0.15, 0.2) is 0 Å². The molecule has 0 spiro atoms. The highest BCUT2D eigenvalue weighted by Crippen LogP contribution is 2.23. The third-order valence-electron chi connectivity index (χ3n) is 2.88. The highest BCUT2D eigenvalue weighted by atomic mass is 32.2. The number of rotatable bonds is 7. The van der Waals surface area contributed by atoms with Crippen molar-refractivity contribution in [2.24, 2.45) is 11.1 Å². The van der Waals surface area contributed by atoms with Crippen molar-refractivity contribution in [1.82, 2.24) is 0 Å². The van der Waals surface area contributed by atoms with Gasteiger partial charge < -0.3 is 9.47 Å². The first-order valence-corrected chi connectivity index (χ1v) is 8.18. The summed E-state index contributed by atoms with van der Waals surface area (Å²) in [5.41, 5.74) is 0.0496. The molecule has 0 aliphatic heterocycles. The summed E-state index contributed by atoms with van der Waals surface area (Å²) >= 11 is 0. The van der Waals surface area contributed by atoms with E-state index in [2.05, 4.69) is 13.8 Å². The maximum absolute atomic E-state index is 12.0. The van der Waals surface area contributed by atoms with E-state index in [1.807, 2.05) is 0 Å². The molecule has 0 saturated heterocycles. The van der Waals surface area contributed by atoms with Gasteiger partial charge in [-0.15, -0.1) is 0 Å². The van der Waals surface area contributed by atoms with Gasteiger partial charge >= 0.3 is 5.97 Å². The quantitative estimate of drug-likeness (QED) is 0.612. The zero-order chi connectivity index (χ0) is 16.0. The van der Waals surface area contributed by atoms with Crippen LogP contribution in [0.1, 0.15) is 37.0 Å². The Morgan fingerprint density at radius 2 is 2.00 bits per heavy atom. The van der Waals surface area contributed by atoms with Crippen LogP contribution >= 0.6 is 0 Å². The fraction of sp³-hybridized carbons (Fsp3) is 0.500. The molecular formula is C14H21NO5S. The van der Waals surface area contributed by atoms with Gasteiger partial charge in [0.1, 0.15) is 11.3 Å². The number of hydrogen-bond donors (Lipinski definition) is 1. The van der Waals surface area contributed by atoms with Crippen molar-refractivity contribution >= 4 is 16.0 Å². The third-order valence-corrected chi connectivity index (χ3v) is 3.79. The van der Waals surface area contributed by atoms with Crippen LogP contribution in [0.3, 0.4) is 0 Å². The van der Waals surface area contributed by atoms with Gasteiger partial charge in [-0.25, -0.2) is 18.4 Å². The van der Waals surface area contributed by atoms with Crippen LogP contribution in [0.5, 0.6) is 5.75 Å². The predicted molar refractivity (Wildman–Crippen MR) is 78.7 cm³/mol. The number of esters is 1. The summed E-state index contributed by atoms with van der Waals surface area (Å²) < 4.78 is 32.8. The molecule has 0 aromatic heterocycles. The lowest BCUT2D eigenvalue weighted by Crippen LogP contribution is -2.14. The summed E-state index contributed by atoms with van der Waals surface area (Å²) in [5.74, 6) is 0.154. The van der Waals surface area contributed by atoms with Crippen LogP contribution in [0.25, 0.3) is 0 Å². The maximum Gasteiger partial charge on any atom is 0.341 e. The number of carbonyl (C=O) groups excluding carboxylic acids is 1. The first-order valence-electron chi connectivity index (χ1n) is 6.63. The van der Waals surface area contributed by atoms with Crippen molar-refractivity contribution in [2.75, 3.05) is 13.7 Å². The lowest BCUT2D eigenvalue weighted by atomic mass is 10.1. The second-order valence-corrected chi connectivity index (χ2v) is 6.64. The van der Waals surface area contributed by atoms with Crippen LogP contribution < -0.4 is 9.88 Å². The van der Waals surface area contributed by atoms with Gasteiger partial charge in [0.2, 0.25) is 10.0 Å². The molecule has 0 unspecified atom stereocenters. The first kappa shape index (κ1) is 17.5. The summed E-state index contributed by atoms with van der Waals surface area (Å²) in [4.78, 5) is 11.9. The molecule has 0 bridgehead atoms. The summed E-state index contributed by atoms with van der Waals surface area (Å²) in [7, 11) is -2.49. The molecule has 0 heterocycles. The van der Waals surface area contributed by atoms with Crippen LogP contribution in [0.15, 0.2) is 23.1 Å². The van der Waals surface area contributed by atoms with Crippen molar-refractivity contribution in [1.29, 1.82) is 0 Å². The SMILES string of the molecule is COc1ccc(S(N)(=O)=O)cc1C(=O)OCCCC(C)C. The standard InChI is InChI=1S/C14H21NO5S/c1-10(2)5-4-8-20-14(16)12-9-11(21(15,17)18)6-7-13(12)19-3/h6-7,9-10H,4-5,8H2,1-3H3,(H2,15,17,18). The Morgan fingerprint density at radius 1 is 1.33 bits per heavy atom. The molecule has 0 aliphatic carbocycles. The maximum atomic E-state index is 12.0. The smallest absolute Gasteiger partial charge is 0.341 e. The average molecular weight is 315 g/mol. The summed E-state index contributed by atoms with van der Waals surface area (Å²) in [6, 6.07) is 3.83. The van der Waals surface area contributed by atoms with Crippen LogP contribution in [0.2, 0.25) is 0 Å². The molecule has 0 saturated carbocycles. The van der Waals surface area contributed by atoms with Crippen molar-refractivity contribution in [3.63, 3.8) is 0 Å². The van der Waals surface area contributed by atoms with Gasteiger partial charge in [-0.05, 0) is 37.0 Å². The van der Waals surface area contributed by atoms with E-state index in [-0.39, 0.29) is 22.8 Å². The van der Waals surface area contributed by atoms with Crippen molar-refractivity contribution in [3.8, 4) is 5.75 Å². The molecule has 0 fully saturated rings. The largest absolute Gasteiger partial charge is 0.496 e. The molecule has 0 atom stereocenters. The van der Waals surface area contributed by atoms with E-state index < -0.39 is 16.0 Å². The molecular weight excluding hydrogens is 294 g/mol. The average Bonchev–Trinajstić information content (AvgIpc) is 2.41.